The minimum absolute atomic E-state index is 0.901. The van der Waals surface area contributed by atoms with Crippen molar-refractivity contribution < 1.29 is 4.42 Å². The summed E-state index contributed by atoms with van der Waals surface area (Å²) in [6.07, 6.45) is 6.86. The third-order valence-corrected chi connectivity index (χ3v) is 26.0. The summed E-state index contributed by atoms with van der Waals surface area (Å²) < 4.78 is 12.9. The van der Waals surface area contributed by atoms with Crippen molar-refractivity contribution in [3.8, 4) is 112 Å². The molecule has 0 fully saturated rings. The van der Waals surface area contributed by atoms with Crippen LogP contribution in [0.1, 0.15) is 16.9 Å². The summed E-state index contributed by atoms with van der Waals surface area (Å²) in [5, 5.41) is 18.3. The Morgan fingerprint density at radius 1 is 0.233 bits per heavy atom. The standard InChI is InChI=1S/C112H70N2OS/c1-3-23-71(24-4-1)107-89-35-7-10-38-92(89)110(100-66-78(55-59-93(100)107)76-28-20-29-81(64-76)113-101-43-15-11-31-85(101)97-67-79(57-61-103(97)113)83-39-21-41-95-87-33-13-17-45-105(87)115-111(83)95)74-53-49-70(50-54-74)69-47-51-73(52-48-69)108-90-36-8-9-37-91(90)109(72-25-5-2-6-26-72)99-65-77(56-60-94(99)108)75-27-19-30-82(63-75)114-102-44-16-12-32-86(102)98-68-80(58-62-104(98)114)84-40-22-42-96-88-34-14-18-46-106(88)116-112(84)96/h1-13,15-33,35-68H,14,34H2. The van der Waals surface area contributed by atoms with Crippen molar-refractivity contribution in [3.63, 3.8) is 0 Å². The van der Waals surface area contributed by atoms with Crippen molar-refractivity contribution in [3.05, 3.63) is 405 Å². The van der Waals surface area contributed by atoms with Gasteiger partial charge in [-0.15, -0.1) is 11.3 Å². The molecule has 0 unspecified atom stereocenters. The molecular formula is C112H70N2OS. The lowest BCUT2D eigenvalue weighted by atomic mass is 9.84. The van der Waals surface area contributed by atoms with Crippen LogP contribution in [0.4, 0.5) is 0 Å². The summed E-state index contributed by atoms with van der Waals surface area (Å²) in [4.78, 5) is 1.40. The maximum Gasteiger partial charge on any atom is 0.143 e. The molecule has 19 aromatic carbocycles. The van der Waals surface area contributed by atoms with Gasteiger partial charge in [-0.25, -0.2) is 0 Å². The van der Waals surface area contributed by atoms with Gasteiger partial charge in [0.25, 0.3) is 0 Å². The molecule has 0 N–H and O–H groups in total. The summed E-state index contributed by atoms with van der Waals surface area (Å²) >= 11 is 1.94. The van der Waals surface area contributed by atoms with Crippen LogP contribution in [-0.2, 0) is 6.42 Å². The van der Waals surface area contributed by atoms with Crippen molar-refractivity contribution >= 4 is 136 Å². The largest absolute Gasteiger partial charge is 0.455 e. The molecule has 540 valence electrons. The van der Waals surface area contributed by atoms with Gasteiger partial charge in [-0.3, -0.25) is 0 Å². The monoisotopic (exact) mass is 1490 g/mol. The fourth-order valence-corrected chi connectivity index (χ4v) is 20.8. The third kappa shape index (κ3) is 10.4. The molecule has 4 heterocycles. The van der Waals surface area contributed by atoms with Crippen LogP contribution >= 0.6 is 11.3 Å². The Hall–Kier alpha value is -14.7. The van der Waals surface area contributed by atoms with Gasteiger partial charge in [0.1, 0.15) is 11.2 Å². The second kappa shape index (κ2) is 26.5. The number of benzene rings is 19. The fourth-order valence-electron chi connectivity index (χ4n) is 19.5. The van der Waals surface area contributed by atoms with Crippen LogP contribution in [-0.4, -0.2) is 9.13 Å². The number of allylic oxidation sites excluding steroid dienone is 1. The molecule has 23 aromatic rings. The van der Waals surface area contributed by atoms with Crippen LogP contribution in [0.2, 0.25) is 0 Å². The van der Waals surface area contributed by atoms with E-state index in [4.69, 9.17) is 4.42 Å². The molecule has 0 aliphatic heterocycles. The van der Waals surface area contributed by atoms with E-state index in [1.165, 1.54) is 157 Å². The number of nitrogens with zero attached hydrogens (tertiary/aromatic N) is 2. The van der Waals surface area contributed by atoms with E-state index in [9.17, 15) is 0 Å². The molecule has 0 radical (unpaired) electrons. The fraction of sp³-hybridized carbons (Fsp3) is 0.0179. The van der Waals surface area contributed by atoms with Gasteiger partial charge in [0, 0.05) is 58.8 Å². The predicted molar refractivity (Wildman–Crippen MR) is 494 cm³/mol. The number of aromatic nitrogens is 2. The molecule has 0 bridgehead atoms. The quantitative estimate of drug-likeness (QED) is 0.118. The third-order valence-electron chi connectivity index (χ3n) is 24.8. The van der Waals surface area contributed by atoms with Crippen molar-refractivity contribution in [2.24, 2.45) is 0 Å². The highest BCUT2D eigenvalue weighted by molar-refractivity contribution is 7.20. The molecule has 0 atom stereocenters. The van der Waals surface area contributed by atoms with Gasteiger partial charge in [0.15, 0.2) is 0 Å². The van der Waals surface area contributed by atoms with E-state index in [1.807, 2.05) is 17.4 Å². The van der Waals surface area contributed by atoms with Crippen molar-refractivity contribution in [2.75, 3.05) is 0 Å². The number of hydrogen-bond donors (Lipinski definition) is 0. The highest BCUT2D eigenvalue weighted by Crippen LogP contribution is 2.51. The molecule has 0 amide bonds. The highest BCUT2D eigenvalue weighted by atomic mass is 32.1. The lowest BCUT2D eigenvalue weighted by Gasteiger charge is -2.19. The SMILES string of the molecule is C1=Cc2sc3c(-c4ccc5c(c4)c4ccccc4n5-c4cccc(-c5ccc6c(-c7ccc(-c8ccc(-c9c%10ccccc%10c(-c%10ccccc%10)c%10ccc(-c%11cccc(-n%12c%13ccccc%13c%13cc(-c%14cccc%15c%14oc%14ccccc%14%15)ccc%13%12)c%11)cc9%10)cc8)cc7)c7ccccc7c(-c7ccccc7)c6c5)c4)cccc3c2CC1. The van der Waals surface area contributed by atoms with Gasteiger partial charge in [0.2, 0.25) is 0 Å². The molecule has 0 saturated carbocycles. The molecule has 0 spiro atoms. The summed E-state index contributed by atoms with van der Waals surface area (Å²) in [5.41, 5.74) is 31.6. The van der Waals surface area contributed by atoms with Gasteiger partial charge in [-0.05, 0) is 246 Å². The first-order valence-electron chi connectivity index (χ1n) is 40.2. The maximum atomic E-state index is 6.58. The topological polar surface area (TPSA) is 23.0 Å². The first-order chi connectivity index (χ1) is 57.5. The Morgan fingerprint density at radius 2 is 0.595 bits per heavy atom. The van der Waals surface area contributed by atoms with E-state index in [0.29, 0.717) is 0 Å². The van der Waals surface area contributed by atoms with Crippen LogP contribution in [0.15, 0.2) is 399 Å². The second-order valence-corrected chi connectivity index (χ2v) is 32.2. The summed E-state index contributed by atoms with van der Waals surface area (Å²) in [5.74, 6) is 0. The normalized spacial score (nSPS) is 12.4. The van der Waals surface area contributed by atoms with Crippen molar-refractivity contribution in [1.82, 2.24) is 9.13 Å². The van der Waals surface area contributed by atoms with Gasteiger partial charge in [-0.2, -0.15) is 0 Å². The van der Waals surface area contributed by atoms with E-state index in [0.717, 1.165) is 96.1 Å². The number of aryl methyl sites for hydroxylation is 1. The number of rotatable bonds is 11. The lowest BCUT2D eigenvalue weighted by molar-refractivity contribution is 0.670. The second-order valence-electron chi connectivity index (χ2n) is 31.1. The number of hydrogen-bond acceptors (Lipinski definition) is 2. The molecule has 1 aliphatic carbocycles. The Balaban J connectivity index is 0.589. The molecule has 0 saturated heterocycles. The Morgan fingerprint density at radius 3 is 1.13 bits per heavy atom. The Kier molecular flexibility index (Phi) is 15.1. The lowest BCUT2D eigenvalue weighted by Crippen LogP contribution is -1.95. The zero-order valence-corrected chi connectivity index (χ0v) is 64.0. The average Bonchev–Trinajstić information content (AvgIpc) is 1.29. The number of furan rings is 1. The van der Waals surface area contributed by atoms with Crippen LogP contribution in [0.25, 0.3) is 236 Å². The number of thiophene rings is 1. The molecule has 24 rings (SSSR count). The Labute approximate surface area is 674 Å². The van der Waals surface area contributed by atoms with Crippen LogP contribution < -0.4 is 0 Å². The van der Waals surface area contributed by atoms with Crippen LogP contribution in [0.5, 0.6) is 0 Å². The van der Waals surface area contributed by atoms with Crippen LogP contribution in [0, 0.1) is 0 Å². The van der Waals surface area contributed by atoms with E-state index >= 15 is 0 Å². The molecular weight excluding hydrogens is 1420 g/mol. The number of fused-ring (bicyclic) bond motifs is 16. The summed E-state index contributed by atoms with van der Waals surface area (Å²) in [6.45, 7) is 0. The Bertz CT molecular complexity index is 8050. The van der Waals surface area contributed by atoms with E-state index < -0.39 is 0 Å². The highest BCUT2D eigenvalue weighted by Gasteiger charge is 2.25. The van der Waals surface area contributed by atoms with E-state index in [1.54, 1.807) is 0 Å². The van der Waals surface area contributed by atoms with Crippen molar-refractivity contribution in [1.29, 1.82) is 0 Å². The van der Waals surface area contributed by atoms with Crippen LogP contribution in [0.3, 0.4) is 0 Å². The molecule has 3 nitrogen and oxygen atoms in total. The maximum absolute atomic E-state index is 6.58. The van der Waals surface area contributed by atoms with Crippen molar-refractivity contribution in [2.45, 2.75) is 12.8 Å². The zero-order chi connectivity index (χ0) is 76.1. The minimum atomic E-state index is 0.901. The van der Waals surface area contributed by atoms with E-state index in [2.05, 4.69) is 403 Å². The first kappa shape index (κ1) is 66.0. The predicted octanol–water partition coefficient (Wildman–Crippen LogP) is 31.6. The van der Waals surface area contributed by atoms with E-state index in [-0.39, 0.29) is 0 Å². The molecule has 1 aliphatic rings. The summed E-state index contributed by atoms with van der Waals surface area (Å²) in [6, 6.07) is 145. The summed E-state index contributed by atoms with van der Waals surface area (Å²) in [7, 11) is 0. The van der Waals surface area contributed by atoms with Gasteiger partial charge in [-0.1, -0.05) is 315 Å². The minimum Gasteiger partial charge on any atom is -0.455 e. The smallest absolute Gasteiger partial charge is 0.143 e. The number of para-hydroxylation sites is 4. The van der Waals surface area contributed by atoms with Gasteiger partial charge < -0.3 is 13.6 Å². The first-order valence-corrected chi connectivity index (χ1v) is 41.0. The molecule has 4 aromatic heterocycles. The average molecular weight is 1490 g/mol. The van der Waals surface area contributed by atoms with Gasteiger partial charge in [0.05, 0.1) is 22.1 Å². The zero-order valence-electron chi connectivity index (χ0n) is 63.2. The molecule has 116 heavy (non-hydrogen) atoms. The molecule has 4 heteroatoms. The van der Waals surface area contributed by atoms with Gasteiger partial charge >= 0.3 is 0 Å².